The van der Waals surface area contributed by atoms with Gasteiger partial charge in [-0.3, -0.25) is 9.59 Å². The van der Waals surface area contributed by atoms with Gasteiger partial charge in [0.1, 0.15) is 23.3 Å². The van der Waals surface area contributed by atoms with Crippen LogP contribution in [-0.2, 0) is 4.79 Å². The minimum absolute atomic E-state index is 0.0434. The van der Waals surface area contributed by atoms with Crippen molar-refractivity contribution in [3.63, 3.8) is 0 Å². The van der Waals surface area contributed by atoms with E-state index in [1.807, 2.05) is 11.9 Å². The quantitative estimate of drug-likeness (QED) is 0.535. The summed E-state index contributed by atoms with van der Waals surface area (Å²) in [6, 6.07) is 11.9. The van der Waals surface area contributed by atoms with Crippen LogP contribution in [0.25, 0.3) is 11.4 Å². The van der Waals surface area contributed by atoms with Crippen molar-refractivity contribution in [3.8, 4) is 22.9 Å². The average Bonchev–Trinajstić information content (AvgIpc) is 2.81. The van der Waals surface area contributed by atoms with E-state index in [4.69, 9.17) is 22.1 Å². The lowest BCUT2D eigenvalue weighted by Crippen LogP contribution is -2.57. The SMILES string of the molecule is CC(=O)c1cc(N2CCN(C)CC2C(N)=O)nc(-c2ccc(Oc3ccc(Cl)cc3F)cc2)n1. The Morgan fingerprint density at radius 2 is 1.85 bits per heavy atom. The summed E-state index contributed by atoms with van der Waals surface area (Å²) in [4.78, 5) is 37.1. The maximum Gasteiger partial charge on any atom is 0.241 e. The number of halogens is 2. The van der Waals surface area contributed by atoms with Crippen molar-refractivity contribution in [3.05, 3.63) is 65.1 Å². The number of ketones is 1. The first kappa shape index (κ1) is 23.6. The first-order valence-electron chi connectivity index (χ1n) is 10.6. The van der Waals surface area contributed by atoms with E-state index in [0.29, 0.717) is 42.6 Å². The molecule has 3 aromatic rings. The van der Waals surface area contributed by atoms with E-state index in [0.717, 1.165) is 0 Å². The molecular weight excluding hydrogens is 461 g/mol. The molecule has 1 fully saturated rings. The number of benzene rings is 2. The molecule has 0 bridgehead atoms. The molecule has 1 amide bonds. The van der Waals surface area contributed by atoms with Gasteiger partial charge in [0, 0.05) is 43.2 Å². The van der Waals surface area contributed by atoms with Crippen molar-refractivity contribution < 1.29 is 18.7 Å². The van der Waals surface area contributed by atoms with Crippen LogP contribution in [0.15, 0.2) is 48.5 Å². The van der Waals surface area contributed by atoms with Crippen LogP contribution in [0, 0.1) is 5.82 Å². The lowest BCUT2D eigenvalue weighted by atomic mass is 10.1. The van der Waals surface area contributed by atoms with Crippen molar-refractivity contribution in [2.45, 2.75) is 13.0 Å². The fraction of sp³-hybridized carbons (Fsp3) is 0.250. The molecule has 1 aliphatic rings. The van der Waals surface area contributed by atoms with Gasteiger partial charge in [-0.2, -0.15) is 0 Å². The van der Waals surface area contributed by atoms with Crippen molar-refractivity contribution in [1.29, 1.82) is 0 Å². The number of hydrogen-bond donors (Lipinski definition) is 1. The van der Waals surface area contributed by atoms with Gasteiger partial charge in [-0.25, -0.2) is 14.4 Å². The smallest absolute Gasteiger partial charge is 0.241 e. The highest BCUT2D eigenvalue weighted by atomic mass is 35.5. The Labute approximate surface area is 201 Å². The molecule has 1 aliphatic heterocycles. The summed E-state index contributed by atoms with van der Waals surface area (Å²) in [5.41, 5.74) is 6.49. The summed E-state index contributed by atoms with van der Waals surface area (Å²) in [5, 5.41) is 0.275. The topological polar surface area (TPSA) is 102 Å². The number of rotatable bonds is 6. The van der Waals surface area contributed by atoms with Crippen molar-refractivity contribution >= 4 is 29.1 Å². The van der Waals surface area contributed by atoms with Crippen LogP contribution in [0.1, 0.15) is 17.4 Å². The Kier molecular flexibility index (Phi) is 6.76. The molecule has 0 spiro atoms. The second-order valence-electron chi connectivity index (χ2n) is 8.07. The molecule has 1 atom stereocenters. The molecule has 2 aromatic carbocycles. The van der Waals surface area contributed by atoms with Gasteiger partial charge in [0.05, 0.1) is 0 Å². The molecule has 0 aliphatic carbocycles. The molecule has 4 rings (SSSR count). The Balaban J connectivity index is 1.65. The Hall–Kier alpha value is -3.56. The molecule has 8 nitrogen and oxygen atoms in total. The van der Waals surface area contributed by atoms with Crippen LogP contribution in [0.3, 0.4) is 0 Å². The number of piperazine rings is 1. The largest absolute Gasteiger partial charge is 0.454 e. The fourth-order valence-corrected chi connectivity index (χ4v) is 3.84. The van der Waals surface area contributed by atoms with Gasteiger partial charge in [0.2, 0.25) is 5.91 Å². The lowest BCUT2D eigenvalue weighted by molar-refractivity contribution is -0.120. The molecular formula is C24H23ClFN5O3. The zero-order valence-electron chi connectivity index (χ0n) is 18.7. The third-order valence-corrected chi connectivity index (χ3v) is 5.75. The maximum atomic E-state index is 14.0. The number of aromatic nitrogens is 2. The monoisotopic (exact) mass is 483 g/mol. The summed E-state index contributed by atoms with van der Waals surface area (Å²) >= 11 is 5.78. The molecule has 34 heavy (non-hydrogen) atoms. The van der Waals surface area contributed by atoms with Crippen LogP contribution in [-0.4, -0.2) is 59.3 Å². The van der Waals surface area contributed by atoms with Gasteiger partial charge < -0.3 is 20.3 Å². The first-order chi connectivity index (χ1) is 16.2. The molecule has 1 saturated heterocycles. The average molecular weight is 484 g/mol. The number of primary amides is 1. The number of nitrogens with two attached hydrogens (primary N) is 1. The van der Waals surface area contributed by atoms with Gasteiger partial charge in [0.15, 0.2) is 23.2 Å². The van der Waals surface area contributed by atoms with E-state index in [9.17, 15) is 14.0 Å². The molecule has 0 radical (unpaired) electrons. The van der Waals surface area contributed by atoms with E-state index in [1.165, 1.54) is 25.1 Å². The second-order valence-corrected chi connectivity index (χ2v) is 8.50. The third kappa shape index (κ3) is 5.16. The van der Waals surface area contributed by atoms with E-state index in [-0.39, 0.29) is 22.2 Å². The van der Waals surface area contributed by atoms with Gasteiger partial charge in [-0.15, -0.1) is 0 Å². The molecule has 1 unspecified atom stereocenters. The molecule has 2 heterocycles. The number of carbonyl (C=O) groups excluding carboxylic acids is 2. The van der Waals surface area contributed by atoms with Crippen molar-refractivity contribution in [2.75, 3.05) is 31.6 Å². The molecule has 176 valence electrons. The van der Waals surface area contributed by atoms with Crippen LogP contribution in [0.5, 0.6) is 11.5 Å². The number of anilines is 1. The van der Waals surface area contributed by atoms with Gasteiger partial charge in [0.25, 0.3) is 0 Å². The zero-order chi connectivity index (χ0) is 24.4. The third-order valence-electron chi connectivity index (χ3n) is 5.51. The number of ether oxygens (including phenoxy) is 1. The zero-order valence-corrected chi connectivity index (χ0v) is 19.4. The maximum absolute atomic E-state index is 14.0. The number of likely N-dealkylation sites (N-methyl/N-ethyl adjacent to an activating group) is 1. The normalized spacial score (nSPS) is 16.4. The molecule has 1 aromatic heterocycles. The highest BCUT2D eigenvalue weighted by Crippen LogP contribution is 2.29. The van der Waals surface area contributed by atoms with Gasteiger partial charge in [-0.1, -0.05) is 11.6 Å². The minimum Gasteiger partial charge on any atom is -0.454 e. The van der Waals surface area contributed by atoms with E-state index < -0.39 is 17.8 Å². The van der Waals surface area contributed by atoms with Crippen LogP contribution >= 0.6 is 11.6 Å². The van der Waals surface area contributed by atoms with Gasteiger partial charge >= 0.3 is 0 Å². The Morgan fingerprint density at radius 3 is 2.50 bits per heavy atom. The number of carbonyl (C=O) groups is 2. The summed E-state index contributed by atoms with van der Waals surface area (Å²) in [7, 11) is 1.92. The summed E-state index contributed by atoms with van der Waals surface area (Å²) in [5.74, 6) is -0.0536. The summed E-state index contributed by atoms with van der Waals surface area (Å²) in [6.45, 7) is 3.11. The van der Waals surface area contributed by atoms with Crippen LogP contribution in [0.2, 0.25) is 5.02 Å². The number of nitrogens with zero attached hydrogens (tertiary/aromatic N) is 4. The predicted molar refractivity (Wildman–Crippen MR) is 127 cm³/mol. The second kappa shape index (κ2) is 9.74. The molecule has 10 heteroatoms. The van der Waals surface area contributed by atoms with Gasteiger partial charge in [-0.05, 0) is 49.5 Å². The standard InChI is InChI=1S/C24H23ClFN5O3/c1-14(32)19-12-22(31-10-9-30(2)13-20(31)23(27)33)29-24(28-19)15-3-6-17(7-4-15)34-21-8-5-16(25)11-18(21)26/h3-8,11-12,20H,9-10,13H2,1-2H3,(H2,27,33). The Bertz CT molecular complexity index is 1240. The highest BCUT2D eigenvalue weighted by Gasteiger charge is 2.31. The fourth-order valence-electron chi connectivity index (χ4n) is 3.69. The number of amides is 1. The lowest BCUT2D eigenvalue weighted by Gasteiger charge is -2.39. The Morgan fingerprint density at radius 1 is 1.12 bits per heavy atom. The van der Waals surface area contributed by atoms with E-state index in [2.05, 4.69) is 9.97 Å². The summed E-state index contributed by atoms with van der Waals surface area (Å²) in [6.07, 6.45) is 0. The van der Waals surface area contributed by atoms with Crippen LogP contribution < -0.4 is 15.4 Å². The highest BCUT2D eigenvalue weighted by molar-refractivity contribution is 6.30. The number of Topliss-reactive ketones (excluding diaryl/α,β-unsaturated/α-hetero) is 1. The minimum atomic E-state index is -0.577. The van der Waals surface area contributed by atoms with Crippen LogP contribution in [0.4, 0.5) is 10.2 Å². The predicted octanol–water partition coefficient (Wildman–Crippen LogP) is 3.54. The van der Waals surface area contributed by atoms with Crippen molar-refractivity contribution in [2.24, 2.45) is 5.73 Å². The summed E-state index contributed by atoms with van der Waals surface area (Å²) < 4.78 is 19.6. The van der Waals surface area contributed by atoms with Crippen molar-refractivity contribution in [1.82, 2.24) is 14.9 Å². The number of hydrogen-bond acceptors (Lipinski definition) is 7. The first-order valence-corrected chi connectivity index (χ1v) is 11.0. The molecule has 0 saturated carbocycles. The van der Waals surface area contributed by atoms with E-state index >= 15 is 0 Å². The molecule has 2 N–H and O–H groups in total. The van der Waals surface area contributed by atoms with E-state index in [1.54, 1.807) is 35.2 Å².